The van der Waals surface area contributed by atoms with Crippen molar-refractivity contribution in [2.75, 3.05) is 7.05 Å². The fraction of sp³-hybridized carbons (Fsp3) is 0.192. The summed E-state index contributed by atoms with van der Waals surface area (Å²) in [6.07, 6.45) is -0.568. The Bertz CT molecular complexity index is 1750. The molecule has 0 unspecified atom stereocenters. The number of para-hydroxylation sites is 1. The fourth-order valence-corrected chi connectivity index (χ4v) is 5.11. The van der Waals surface area contributed by atoms with Crippen molar-refractivity contribution >= 4 is 73.1 Å². The lowest BCUT2D eigenvalue weighted by Crippen LogP contribution is -2.27. The van der Waals surface area contributed by atoms with Crippen LogP contribution in [0.5, 0.6) is 0 Å². The van der Waals surface area contributed by atoms with Gasteiger partial charge in [0.2, 0.25) is 0 Å². The first kappa shape index (κ1) is 20.7. The lowest BCUT2D eigenvalue weighted by molar-refractivity contribution is 0.0550. The molecule has 3 aromatic carbocycles. The molecule has 0 fully saturated rings. The molecule has 34 heavy (non-hydrogen) atoms. The van der Waals surface area contributed by atoms with Gasteiger partial charge >= 0.3 is 6.09 Å². The van der Waals surface area contributed by atoms with Crippen molar-refractivity contribution in [3.8, 4) is 0 Å². The van der Waals surface area contributed by atoms with Gasteiger partial charge in [0.25, 0.3) is 11.8 Å². The zero-order valence-corrected chi connectivity index (χ0v) is 19.7. The molecule has 0 saturated heterocycles. The number of nitrogens with one attached hydrogen (secondary N) is 1. The normalized spacial score (nSPS) is 14.2. The van der Waals surface area contributed by atoms with E-state index in [9.17, 15) is 14.4 Å². The van der Waals surface area contributed by atoms with Gasteiger partial charge in [0, 0.05) is 39.1 Å². The van der Waals surface area contributed by atoms with Gasteiger partial charge in [-0.05, 0) is 45.0 Å². The van der Waals surface area contributed by atoms with Crippen LogP contribution in [0.3, 0.4) is 0 Å². The van der Waals surface area contributed by atoms with Crippen molar-refractivity contribution in [1.29, 1.82) is 0 Å². The highest BCUT2D eigenvalue weighted by Gasteiger charge is 2.40. The zero-order chi connectivity index (χ0) is 24.1. The molecule has 0 saturated carbocycles. The van der Waals surface area contributed by atoms with Gasteiger partial charge in [-0.1, -0.05) is 29.8 Å². The lowest BCUT2D eigenvalue weighted by atomic mass is 9.97. The van der Waals surface area contributed by atoms with E-state index in [1.54, 1.807) is 32.9 Å². The lowest BCUT2D eigenvalue weighted by Gasteiger charge is -2.20. The molecule has 0 atom stereocenters. The standard InChI is InChI=1S/C26H20ClN3O4/c1-26(2,3)34-25(33)30-16-8-6-5-7-13(16)18-20-19(23(31)29(4)24(20)32)17-14-11-12(27)9-10-15(14)28-21(17)22(18)30/h5-11,28H,1-4H3. The molecular formula is C26H20ClN3O4. The number of hydrogen-bond acceptors (Lipinski definition) is 4. The molecule has 1 aliphatic rings. The number of nitrogens with zero attached hydrogens (tertiary/aromatic N) is 2. The third kappa shape index (κ3) is 2.61. The molecule has 170 valence electrons. The Morgan fingerprint density at radius 3 is 2.35 bits per heavy atom. The minimum Gasteiger partial charge on any atom is -0.443 e. The maximum Gasteiger partial charge on any atom is 0.419 e. The molecule has 1 N–H and O–H groups in total. The van der Waals surface area contributed by atoms with E-state index in [-0.39, 0.29) is 11.5 Å². The number of rotatable bonds is 0. The van der Waals surface area contributed by atoms with Crippen LogP contribution in [0.25, 0.3) is 43.6 Å². The summed E-state index contributed by atoms with van der Waals surface area (Å²) < 4.78 is 7.25. The second kappa shape index (κ2) is 6.61. The van der Waals surface area contributed by atoms with E-state index in [1.807, 2.05) is 30.3 Å². The Labute approximate surface area is 198 Å². The highest BCUT2D eigenvalue weighted by atomic mass is 35.5. The van der Waals surface area contributed by atoms with E-state index in [1.165, 1.54) is 11.6 Å². The van der Waals surface area contributed by atoms with Crippen LogP contribution in [0.1, 0.15) is 41.5 Å². The van der Waals surface area contributed by atoms with Crippen LogP contribution in [0, 0.1) is 0 Å². The number of fused-ring (bicyclic) bond motifs is 10. The predicted octanol–water partition coefficient (Wildman–Crippen LogP) is 6.09. The third-order valence-electron chi connectivity index (χ3n) is 6.24. The van der Waals surface area contributed by atoms with Gasteiger partial charge in [0.1, 0.15) is 5.60 Å². The highest BCUT2D eigenvalue weighted by molar-refractivity contribution is 6.40. The number of H-pyrrole nitrogens is 1. The van der Waals surface area contributed by atoms with Gasteiger partial charge in [-0.3, -0.25) is 14.5 Å². The van der Waals surface area contributed by atoms with Crippen LogP contribution in [0.4, 0.5) is 4.79 Å². The summed E-state index contributed by atoms with van der Waals surface area (Å²) in [6, 6.07) is 12.7. The van der Waals surface area contributed by atoms with Crippen LogP contribution in [0.15, 0.2) is 42.5 Å². The van der Waals surface area contributed by atoms with Crippen LogP contribution in [0.2, 0.25) is 5.02 Å². The van der Waals surface area contributed by atoms with E-state index < -0.39 is 17.6 Å². The average molecular weight is 474 g/mol. The molecule has 6 rings (SSSR count). The van der Waals surface area contributed by atoms with Crippen LogP contribution >= 0.6 is 11.6 Å². The monoisotopic (exact) mass is 473 g/mol. The summed E-state index contributed by atoms with van der Waals surface area (Å²) in [4.78, 5) is 44.7. The maximum absolute atomic E-state index is 13.5. The SMILES string of the molecule is CN1C(=O)c2c(c3c4ccccc4n(C(=O)OC(C)(C)C)c3c3[nH]c4ccc(Cl)cc4c23)C1=O. The van der Waals surface area contributed by atoms with Crippen LogP contribution in [-0.2, 0) is 4.74 Å². The predicted molar refractivity (Wildman–Crippen MR) is 132 cm³/mol. The third-order valence-corrected chi connectivity index (χ3v) is 6.47. The van der Waals surface area contributed by atoms with E-state index >= 15 is 0 Å². The summed E-state index contributed by atoms with van der Waals surface area (Å²) in [7, 11) is 1.47. The molecular weight excluding hydrogens is 454 g/mol. The summed E-state index contributed by atoms with van der Waals surface area (Å²) in [5, 5.41) is 3.01. The largest absolute Gasteiger partial charge is 0.443 e. The van der Waals surface area contributed by atoms with E-state index in [0.29, 0.717) is 48.7 Å². The Kier molecular flexibility index (Phi) is 4.03. The summed E-state index contributed by atoms with van der Waals surface area (Å²) in [5.74, 6) is -0.794. The Morgan fingerprint density at radius 2 is 1.65 bits per heavy atom. The summed E-state index contributed by atoms with van der Waals surface area (Å²) >= 11 is 6.30. The zero-order valence-electron chi connectivity index (χ0n) is 18.9. The van der Waals surface area contributed by atoms with Crippen molar-refractivity contribution in [3.63, 3.8) is 0 Å². The van der Waals surface area contributed by atoms with Gasteiger partial charge in [0.05, 0.1) is 27.7 Å². The maximum atomic E-state index is 13.5. The first-order chi connectivity index (χ1) is 16.1. The van der Waals surface area contributed by atoms with Crippen molar-refractivity contribution in [2.24, 2.45) is 0 Å². The summed E-state index contributed by atoms with van der Waals surface area (Å²) in [5.41, 5.74) is 2.27. The molecule has 3 heterocycles. The fourth-order valence-electron chi connectivity index (χ4n) is 4.93. The smallest absolute Gasteiger partial charge is 0.419 e. The van der Waals surface area contributed by atoms with Crippen molar-refractivity contribution in [2.45, 2.75) is 26.4 Å². The number of amides is 2. The van der Waals surface area contributed by atoms with Gasteiger partial charge < -0.3 is 9.72 Å². The second-order valence-electron chi connectivity index (χ2n) is 9.54. The van der Waals surface area contributed by atoms with Crippen LogP contribution < -0.4 is 0 Å². The number of imide groups is 1. The molecule has 2 aromatic heterocycles. The second-order valence-corrected chi connectivity index (χ2v) is 9.98. The molecule has 7 nitrogen and oxygen atoms in total. The van der Waals surface area contributed by atoms with E-state index in [4.69, 9.17) is 16.3 Å². The minimum atomic E-state index is -0.732. The number of aromatic nitrogens is 2. The van der Waals surface area contributed by atoms with Gasteiger partial charge in [-0.2, -0.15) is 0 Å². The van der Waals surface area contributed by atoms with Crippen molar-refractivity contribution < 1.29 is 19.1 Å². The van der Waals surface area contributed by atoms with Gasteiger partial charge in [0.15, 0.2) is 0 Å². The molecule has 0 aliphatic carbocycles. The van der Waals surface area contributed by atoms with E-state index in [0.717, 1.165) is 10.4 Å². The van der Waals surface area contributed by atoms with Crippen molar-refractivity contribution in [1.82, 2.24) is 14.5 Å². The Morgan fingerprint density at radius 1 is 0.971 bits per heavy atom. The topological polar surface area (TPSA) is 84.4 Å². The first-order valence-corrected chi connectivity index (χ1v) is 11.2. The molecule has 1 aliphatic heterocycles. The molecule has 0 spiro atoms. The number of carbonyl (C=O) groups is 3. The van der Waals surface area contributed by atoms with Crippen molar-refractivity contribution in [3.05, 3.63) is 58.6 Å². The summed E-state index contributed by atoms with van der Waals surface area (Å²) in [6.45, 7) is 5.40. The molecule has 2 amide bonds. The van der Waals surface area contributed by atoms with E-state index in [2.05, 4.69) is 4.98 Å². The minimum absolute atomic E-state index is 0.286. The Hall–Kier alpha value is -3.84. The number of halogens is 1. The molecule has 0 radical (unpaired) electrons. The molecule has 5 aromatic rings. The number of benzene rings is 3. The molecule has 0 bridgehead atoms. The number of hydrogen-bond donors (Lipinski definition) is 1. The molecule has 8 heteroatoms. The quantitative estimate of drug-likeness (QED) is 0.276. The van der Waals surface area contributed by atoms with Gasteiger partial charge in [-0.15, -0.1) is 0 Å². The first-order valence-electron chi connectivity index (χ1n) is 10.8. The Balaban J connectivity index is 1.93. The number of ether oxygens (including phenoxy) is 1. The number of carbonyl (C=O) groups excluding carboxylic acids is 3. The van der Waals surface area contributed by atoms with Crippen LogP contribution in [-0.4, -0.2) is 45.0 Å². The average Bonchev–Trinajstić information content (AvgIpc) is 3.37. The number of aromatic amines is 1. The highest BCUT2D eigenvalue weighted by Crippen LogP contribution is 2.45. The van der Waals surface area contributed by atoms with Gasteiger partial charge in [-0.25, -0.2) is 9.36 Å².